The average molecular weight is 301 g/mol. The molecule has 0 fully saturated rings. The predicted octanol–water partition coefficient (Wildman–Crippen LogP) is 2.76. The fourth-order valence-electron chi connectivity index (χ4n) is 3.18. The number of aryl methyl sites for hydroxylation is 1. The molecule has 0 bridgehead atoms. The Hall–Kier alpha value is -1.91. The zero-order chi connectivity index (χ0) is 15.7. The van der Waals surface area contributed by atoms with Gasteiger partial charge < -0.3 is 15.2 Å². The number of benzene rings is 2. The van der Waals surface area contributed by atoms with Crippen molar-refractivity contribution in [1.82, 2.24) is 5.32 Å². The number of rotatable bonds is 4. The molecule has 2 aromatic rings. The summed E-state index contributed by atoms with van der Waals surface area (Å²) in [7, 11) is 1.78. The molecule has 0 radical (unpaired) electrons. The van der Waals surface area contributed by atoms with Crippen LogP contribution in [0, 0.1) is 12.7 Å². The number of likely N-dealkylation sites (N-methyl/N-ethyl adjacent to an activating group) is 1. The van der Waals surface area contributed by atoms with Crippen LogP contribution in [0.4, 0.5) is 4.39 Å². The molecule has 0 aromatic heterocycles. The number of hydrogen-bond donors (Lipinski definition) is 2. The summed E-state index contributed by atoms with van der Waals surface area (Å²) in [5, 5.41) is 14.0. The molecule has 1 aliphatic carbocycles. The highest BCUT2D eigenvalue weighted by atomic mass is 19.1. The lowest BCUT2D eigenvalue weighted by Gasteiger charge is -2.31. The van der Waals surface area contributed by atoms with E-state index in [1.54, 1.807) is 26.1 Å². The second-order valence-corrected chi connectivity index (χ2v) is 5.89. The van der Waals surface area contributed by atoms with E-state index in [0.717, 1.165) is 16.7 Å². The van der Waals surface area contributed by atoms with Gasteiger partial charge in [-0.05, 0) is 36.7 Å². The van der Waals surface area contributed by atoms with Gasteiger partial charge in [-0.25, -0.2) is 4.39 Å². The molecule has 2 N–H and O–H groups in total. The number of fused-ring (bicyclic) bond motifs is 1. The molecular weight excluding hydrogens is 281 g/mol. The lowest BCUT2D eigenvalue weighted by molar-refractivity contribution is -0.0499. The van der Waals surface area contributed by atoms with Crippen LogP contribution in [0.15, 0.2) is 42.5 Å². The van der Waals surface area contributed by atoms with E-state index in [1.165, 1.54) is 6.07 Å². The van der Waals surface area contributed by atoms with Crippen LogP contribution in [0.2, 0.25) is 0 Å². The van der Waals surface area contributed by atoms with Gasteiger partial charge in [-0.3, -0.25) is 0 Å². The quantitative estimate of drug-likeness (QED) is 0.912. The molecule has 0 aliphatic heterocycles. The zero-order valence-corrected chi connectivity index (χ0v) is 12.8. The first kappa shape index (κ1) is 15.0. The van der Waals surface area contributed by atoms with E-state index in [9.17, 15) is 9.50 Å². The van der Waals surface area contributed by atoms with E-state index < -0.39 is 17.5 Å². The Morgan fingerprint density at radius 1 is 1.27 bits per heavy atom. The minimum Gasteiger partial charge on any atom is -0.479 e. The van der Waals surface area contributed by atoms with E-state index >= 15 is 0 Å². The largest absolute Gasteiger partial charge is 0.479 e. The van der Waals surface area contributed by atoms with Crippen molar-refractivity contribution in [3.63, 3.8) is 0 Å². The molecule has 2 atom stereocenters. The highest BCUT2D eigenvalue weighted by Gasteiger charge is 2.46. The SMILES string of the molecule is CNC[C@]1(O)Cc2ccccc2[C@@H]1Oc1c(C)cccc1F. The summed E-state index contributed by atoms with van der Waals surface area (Å²) in [6, 6.07) is 12.6. The zero-order valence-electron chi connectivity index (χ0n) is 12.8. The first-order chi connectivity index (χ1) is 10.5. The van der Waals surface area contributed by atoms with Crippen LogP contribution >= 0.6 is 0 Å². The minimum atomic E-state index is -1.09. The summed E-state index contributed by atoms with van der Waals surface area (Å²) in [5.41, 5.74) is 1.59. The van der Waals surface area contributed by atoms with Crippen LogP contribution in [-0.4, -0.2) is 24.3 Å². The average Bonchev–Trinajstić information content (AvgIpc) is 2.75. The van der Waals surface area contributed by atoms with Crippen molar-refractivity contribution >= 4 is 0 Å². The summed E-state index contributed by atoms with van der Waals surface area (Å²) in [6.45, 7) is 2.18. The van der Waals surface area contributed by atoms with Crippen molar-refractivity contribution in [1.29, 1.82) is 0 Å². The molecule has 22 heavy (non-hydrogen) atoms. The van der Waals surface area contributed by atoms with Gasteiger partial charge in [0, 0.05) is 13.0 Å². The third kappa shape index (κ3) is 2.49. The van der Waals surface area contributed by atoms with Gasteiger partial charge in [0.25, 0.3) is 0 Å². The molecule has 3 nitrogen and oxygen atoms in total. The Bertz CT molecular complexity index is 668. The topological polar surface area (TPSA) is 41.5 Å². The van der Waals surface area contributed by atoms with Gasteiger partial charge >= 0.3 is 0 Å². The van der Waals surface area contributed by atoms with Crippen LogP contribution in [-0.2, 0) is 6.42 Å². The molecule has 0 saturated heterocycles. The van der Waals surface area contributed by atoms with Crippen LogP contribution in [0.3, 0.4) is 0 Å². The standard InChI is InChI=1S/C18H20FNO2/c1-12-6-5-9-15(19)16(12)22-17-14-8-4-3-7-13(14)10-18(17,21)11-20-2/h3-9,17,20-21H,10-11H2,1-2H3/t17-,18+/m0/s1. The van der Waals surface area contributed by atoms with E-state index in [1.807, 2.05) is 24.3 Å². The summed E-state index contributed by atoms with van der Waals surface area (Å²) in [4.78, 5) is 0. The van der Waals surface area contributed by atoms with E-state index in [0.29, 0.717) is 13.0 Å². The maximum atomic E-state index is 14.1. The van der Waals surface area contributed by atoms with Crippen LogP contribution in [0.1, 0.15) is 22.8 Å². The third-order valence-corrected chi connectivity index (χ3v) is 4.20. The maximum Gasteiger partial charge on any atom is 0.165 e. The number of ether oxygens (including phenoxy) is 1. The number of hydrogen-bond acceptors (Lipinski definition) is 3. The van der Waals surface area contributed by atoms with E-state index in [4.69, 9.17) is 4.74 Å². The van der Waals surface area contributed by atoms with Gasteiger partial charge in [0.05, 0.1) is 0 Å². The molecule has 1 aliphatic rings. The molecule has 0 amide bonds. The van der Waals surface area contributed by atoms with Gasteiger partial charge in [-0.15, -0.1) is 0 Å². The van der Waals surface area contributed by atoms with Crippen LogP contribution in [0.5, 0.6) is 5.75 Å². The highest BCUT2D eigenvalue weighted by molar-refractivity contribution is 5.41. The van der Waals surface area contributed by atoms with Crippen molar-refractivity contribution in [3.8, 4) is 5.75 Å². The normalized spacial score (nSPS) is 23.4. The Morgan fingerprint density at radius 3 is 2.77 bits per heavy atom. The summed E-state index contributed by atoms with van der Waals surface area (Å²) < 4.78 is 20.1. The van der Waals surface area contributed by atoms with Gasteiger partial charge in [-0.2, -0.15) is 0 Å². The Kier molecular flexibility index (Phi) is 3.89. The molecule has 116 valence electrons. The fraction of sp³-hybridized carbons (Fsp3) is 0.333. The molecule has 2 aromatic carbocycles. The smallest absolute Gasteiger partial charge is 0.165 e. The lowest BCUT2D eigenvalue weighted by Crippen LogP contribution is -2.45. The molecule has 0 unspecified atom stereocenters. The van der Waals surface area contributed by atoms with Gasteiger partial charge in [0.15, 0.2) is 17.7 Å². The van der Waals surface area contributed by atoms with Crippen molar-refractivity contribution in [2.75, 3.05) is 13.6 Å². The van der Waals surface area contributed by atoms with Crippen molar-refractivity contribution < 1.29 is 14.2 Å². The van der Waals surface area contributed by atoms with Gasteiger partial charge in [0.2, 0.25) is 0 Å². The minimum absolute atomic E-state index is 0.207. The molecule has 0 heterocycles. The third-order valence-electron chi connectivity index (χ3n) is 4.20. The summed E-state index contributed by atoms with van der Waals surface area (Å²) >= 11 is 0. The first-order valence-electron chi connectivity index (χ1n) is 7.42. The van der Waals surface area contributed by atoms with Crippen molar-refractivity contribution in [2.24, 2.45) is 0 Å². The molecule has 0 saturated carbocycles. The second-order valence-electron chi connectivity index (χ2n) is 5.89. The van der Waals surface area contributed by atoms with Crippen LogP contribution < -0.4 is 10.1 Å². The fourth-order valence-corrected chi connectivity index (χ4v) is 3.18. The maximum absolute atomic E-state index is 14.1. The lowest BCUT2D eigenvalue weighted by atomic mass is 9.97. The van der Waals surface area contributed by atoms with Crippen molar-refractivity contribution in [3.05, 3.63) is 65.0 Å². The summed E-state index contributed by atoms with van der Waals surface area (Å²) in [5.74, 6) is -0.199. The first-order valence-corrected chi connectivity index (χ1v) is 7.42. The van der Waals surface area contributed by atoms with Gasteiger partial charge in [-0.1, -0.05) is 36.4 Å². The highest BCUT2D eigenvalue weighted by Crippen LogP contribution is 2.43. The Labute approximate surface area is 129 Å². The van der Waals surface area contributed by atoms with Gasteiger partial charge in [0.1, 0.15) is 5.60 Å². The second kappa shape index (κ2) is 5.71. The molecule has 4 heteroatoms. The summed E-state index contributed by atoms with van der Waals surface area (Å²) in [6.07, 6.45) is -0.103. The molecule has 3 rings (SSSR count). The monoisotopic (exact) mass is 301 g/mol. The number of nitrogens with one attached hydrogen (secondary N) is 1. The van der Waals surface area contributed by atoms with Crippen molar-refractivity contribution in [2.45, 2.75) is 25.0 Å². The Balaban J connectivity index is 2.02. The molecular formula is C18H20FNO2. The Morgan fingerprint density at radius 2 is 2.05 bits per heavy atom. The number of para-hydroxylation sites is 1. The van der Waals surface area contributed by atoms with E-state index in [2.05, 4.69) is 5.32 Å². The number of halogens is 1. The molecule has 0 spiro atoms. The van der Waals surface area contributed by atoms with Crippen LogP contribution in [0.25, 0.3) is 0 Å². The predicted molar refractivity (Wildman–Crippen MR) is 83.5 cm³/mol. The number of aliphatic hydroxyl groups is 1. The van der Waals surface area contributed by atoms with E-state index in [-0.39, 0.29) is 5.75 Å².